The Morgan fingerprint density at radius 1 is 1.19 bits per heavy atom. The number of aromatic nitrogens is 4. The third-order valence-electron chi connectivity index (χ3n) is 5.76. The third-order valence-corrected chi connectivity index (χ3v) is 5.76. The molecule has 2 fully saturated rings. The van der Waals surface area contributed by atoms with E-state index in [1.54, 1.807) is 30.2 Å². The number of benzene rings is 1. The molecule has 2 aliphatic rings. The van der Waals surface area contributed by atoms with Crippen LogP contribution in [0.4, 0.5) is 10.1 Å². The number of anilines is 1. The maximum Gasteiger partial charge on any atom is 0.254 e. The quantitative estimate of drug-likeness (QED) is 0.564. The molecule has 0 saturated heterocycles. The number of pyridine rings is 1. The zero-order valence-electron chi connectivity index (χ0n) is 17.2. The lowest BCUT2D eigenvalue weighted by molar-refractivity contribution is 0.0947. The predicted molar refractivity (Wildman–Crippen MR) is 114 cm³/mol. The van der Waals surface area contributed by atoms with Crippen molar-refractivity contribution in [1.29, 1.82) is 0 Å². The zero-order valence-corrected chi connectivity index (χ0v) is 17.2. The van der Waals surface area contributed by atoms with Crippen molar-refractivity contribution in [1.82, 2.24) is 25.3 Å². The van der Waals surface area contributed by atoms with E-state index in [0.29, 0.717) is 23.0 Å². The summed E-state index contributed by atoms with van der Waals surface area (Å²) in [7, 11) is 0. The molecule has 0 unspecified atom stereocenters. The van der Waals surface area contributed by atoms with Crippen LogP contribution >= 0.6 is 0 Å². The molecule has 2 heterocycles. The summed E-state index contributed by atoms with van der Waals surface area (Å²) in [4.78, 5) is 16.7. The number of hydrogen-bond acceptors (Lipinski definition) is 6. The molecule has 9 heteroatoms. The van der Waals surface area contributed by atoms with Crippen LogP contribution in [-0.4, -0.2) is 44.0 Å². The standard InChI is InChI=1S/C22H24FN7O/c1-12-4-19(23)18(22(31)27-15-2-3-15)8-21(12)30-11-20(28-29-30)13-5-17(10-25-9-13)26-16-6-14(24)7-16/h4-5,8-11,14-16,26H,2-3,6-7,24H2,1H3,(H,27,31). The van der Waals surface area contributed by atoms with E-state index in [2.05, 4.69) is 25.9 Å². The van der Waals surface area contributed by atoms with Gasteiger partial charge in [-0.05, 0) is 56.4 Å². The fourth-order valence-electron chi connectivity index (χ4n) is 3.76. The first kappa shape index (κ1) is 19.6. The molecule has 2 saturated carbocycles. The Labute approximate surface area is 179 Å². The molecule has 0 bridgehead atoms. The van der Waals surface area contributed by atoms with Gasteiger partial charge in [-0.1, -0.05) is 5.21 Å². The van der Waals surface area contributed by atoms with Gasteiger partial charge in [0.1, 0.15) is 11.5 Å². The molecule has 5 rings (SSSR count). The summed E-state index contributed by atoms with van der Waals surface area (Å²) in [6.45, 7) is 1.78. The Bertz CT molecular complexity index is 1130. The maximum atomic E-state index is 14.4. The number of carbonyl (C=O) groups is 1. The molecule has 1 amide bonds. The monoisotopic (exact) mass is 421 g/mol. The smallest absolute Gasteiger partial charge is 0.254 e. The van der Waals surface area contributed by atoms with Gasteiger partial charge in [0.25, 0.3) is 5.91 Å². The second-order valence-corrected chi connectivity index (χ2v) is 8.45. The molecule has 4 N–H and O–H groups in total. The summed E-state index contributed by atoms with van der Waals surface area (Å²) in [6.07, 6.45) is 9.01. The van der Waals surface area contributed by atoms with Crippen molar-refractivity contribution in [3.63, 3.8) is 0 Å². The number of nitrogens with two attached hydrogens (primary N) is 1. The summed E-state index contributed by atoms with van der Waals surface area (Å²) in [5.41, 5.74) is 9.48. The predicted octanol–water partition coefficient (Wildman–Crippen LogP) is 2.57. The van der Waals surface area contributed by atoms with Crippen LogP contribution in [0.3, 0.4) is 0 Å². The number of carbonyl (C=O) groups excluding carboxylic acids is 1. The first-order valence-electron chi connectivity index (χ1n) is 10.5. The number of aryl methyl sites for hydroxylation is 1. The van der Waals surface area contributed by atoms with E-state index < -0.39 is 11.7 Å². The molecule has 31 heavy (non-hydrogen) atoms. The van der Waals surface area contributed by atoms with Gasteiger partial charge in [-0.15, -0.1) is 5.10 Å². The number of amides is 1. The zero-order chi connectivity index (χ0) is 21.5. The number of rotatable bonds is 6. The average molecular weight is 421 g/mol. The summed E-state index contributed by atoms with van der Waals surface area (Å²) in [5, 5.41) is 14.7. The van der Waals surface area contributed by atoms with Crippen LogP contribution in [0.5, 0.6) is 0 Å². The molecular formula is C22H24FN7O. The highest BCUT2D eigenvalue weighted by Crippen LogP contribution is 2.26. The SMILES string of the molecule is Cc1cc(F)c(C(=O)NC2CC2)cc1-n1cc(-c2cncc(NC3CC(N)C3)c2)nn1. The van der Waals surface area contributed by atoms with Gasteiger partial charge in [-0.2, -0.15) is 0 Å². The topological polar surface area (TPSA) is 111 Å². The van der Waals surface area contributed by atoms with Crippen LogP contribution in [0.1, 0.15) is 41.6 Å². The van der Waals surface area contributed by atoms with Crippen LogP contribution < -0.4 is 16.4 Å². The number of nitrogens with zero attached hydrogens (tertiary/aromatic N) is 4. The van der Waals surface area contributed by atoms with Crippen molar-refractivity contribution in [2.75, 3.05) is 5.32 Å². The Morgan fingerprint density at radius 2 is 2.00 bits per heavy atom. The fraction of sp³-hybridized carbons (Fsp3) is 0.364. The minimum Gasteiger partial charge on any atom is -0.381 e. The van der Waals surface area contributed by atoms with Crippen molar-refractivity contribution in [3.8, 4) is 16.9 Å². The van der Waals surface area contributed by atoms with Crippen molar-refractivity contribution < 1.29 is 9.18 Å². The highest BCUT2D eigenvalue weighted by molar-refractivity contribution is 5.95. The molecular weight excluding hydrogens is 397 g/mol. The summed E-state index contributed by atoms with van der Waals surface area (Å²) < 4.78 is 16.0. The molecule has 2 aliphatic carbocycles. The van der Waals surface area contributed by atoms with Gasteiger partial charge in [-0.25, -0.2) is 9.07 Å². The van der Waals surface area contributed by atoms with E-state index in [9.17, 15) is 9.18 Å². The summed E-state index contributed by atoms with van der Waals surface area (Å²) >= 11 is 0. The van der Waals surface area contributed by atoms with Gasteiger partial charge in [0.2, 0.25) is 0 Å². The summed E-state index contributed by atoms with van der Waals surface area (Å²) in [6, 6.07) is 5.63. The van der Waals surface area contributed by atoms with Crippen LogP contribution in [0.2, 0.25) is 0 Å². The van der Waals surface area contributed by atoms with Gasteiger partial charge in [-0.3, -0.25) is 9.78 Å². The van der Waals surface area contributed by atoms with Gasteiger partial charge in [0.05, 0.1) is 23.1 Å². The largest absolute Gasteiger partial charge is 0.381 e. The molecule has 1 aromatic carbocycles. The van der Waals surface area contributed by atoms with Crippen molar-refractivity contribution in [3.05, 3.63) is 53.7 Å². The van der Waals surface area contributed by atoms with Crippen molar-refractivity contribution >= 4 is 11.6 Å². The number of halogens is 1. The van der Waals surface area contributed by atoms with E-state index in [0.717, 1.165) is 36.9 Å². The van der Waals surface area contributed by atoms with Gasteiger partial charge in [0.15, 0.2) is 0 Å². The van der Waals surface area contributed by atoms with Crippen molar-refractivity contribution in [2.45, 2.75) is 50.7 Å². The lowest BCUT2D eigenvalue weighted by Crippen LogP contribution is -2.44. The van der Waals surface area contributed by atoms with Crippen LogP contribution in [0.25, 0.3) is 16.9 Å². The second-order valence-electron chi connectivity index (χ2n) is 8.45. The van der Waals surface area contributed by atoms with Gasteiger partial charge in [0, 0.05) is 36.1 Å². The average Bonchev–Trinajstić information content (AvgIpc) is 3.39. The molecule has 160 valence electrons. The number of hydrogen-bond donors (Lipinski definition) is 3. The first-order valence-corrected chi connectivity index (χ1v) is 10.5. The molecule has 0 atom stereocenters. The molecule has 2 aromatic heterocycles. The Balaban J connectivity index is 1.39. The second kappa shape index (κ2) is 7.73. The Kier molecular flexibility index (Phi) is 4.90. The normalized spacial score (nSPS) is 20.2. The van der Waals surface area contributed by atoms with Crippen LogP contribution in [-0.2, 0) is 0 Å². The fourth-order valence-corrected chi connectivity index (χ4v) is 3.76. The minimum atomic E-state index is -0.543. The van der Waals surface area contributed by atoms with E-state index in [4.69, 9.17) is 5.73 Å². The highest BCUT2D eigenvalue weighted by Gasteiger charge is 2.26. The van der Waals surface area contributed by atoms with E-state index in [-0.39, 0.29) is 17.6 Å². The first-order chi connectivity index (χ1) is 15.0. The van der Waals surface area contributed by atoms with Crippen molar-refractivity contribution in [2.24, 2.45) is 5.73 Å². The maximum absolute atomic E-state index is 14.4. The lowest BCUT2D eigenvalue weighted by atomic mass is 9.87. The molecule has 0 aliphatic heterocycles. The molecule has 8 nitrogen and oxygen atoms in total. The lowest BCUT2D eigenvalue weighted by Gasteiger charge is -2.33. The summed E-state index contributed by atoms with van der Waals surface area (Å²) in [5.74, 6) is -0.946. The van der Waals surface area contributed by atoms with Gasteiger partial charge >= 0.3 is 0 Å². The Hall–Kier alpha value is -3.33. The third kappa shape index (κ3) is 4.13. The van der Waals surface area contributed by atoms with Crippen LogP contribution in [0.15, 0.2) is 36.8 Å². The van der Waals surface area contributed by atoms with E-state index in [1.165, 1.54) is 12.1 Å². The number of nitrogens with one attached hydrogen (secondary N) is 2. The molecule has 3 aromatic rings. The van der Waals surface area contributed by atoms with E-state index in [1.807, 2.05) is 6.07 Å². The molecule has 0 spiro atoms. The van der Waals surface area contributed by atoms with Crippen LogP contribution in [0, 0.1) is 12.7 Å². The molecule has 0 radical (unpaired) electrons. The minimum absolute atomic E-state index is 0.0103. The van der Waals surface area contributed by atoms with E-state index >= 15 is 0 Å². The highest BCUT2D eigenvalue weighted by atomic mass is 19.1. The van der Waals surface area contributed by atoms with Gasteiger partial charge < -0.3 is 16.4 Å². The Morgan fingerprint density at radius 3 is 2.74 bits per heavy atom.